The molecule has 4 heteroatoms. The Morgan fingerprint density at radius 1 is 0.404 bits per heavy atom. The lowest BCUT2D eigenvalue weighted by atomic mass is 9.98. The predicted octanol–water partition coefficient (Wildman–Crippen LogP) is 12.5. The number of nitrogens with zero attached hydrogens (tertiary/aromatic N) is 2. The first-order valence-corrected chi connectivity index (χ1v) is 21.0. The number of para-hydroxylation sites is 1. The smallest absolute Gasteiger partial charge is 0.172 e. The lowest BCUT2D eigenvalue weighted by Gasteiger charge is -2.16. The Balaban J connectivity index is 1.07. The van der Waals surface area contributed by atoms with Gasteiger partial charge in [0.15, 0.2) is 7.14 Å². The fourth-order valence-corrected chi connectivity index (χ4v) is 11.8. The summed E-state index contributed by atoms with van der Waals surface area (Å²) in [7, 11) is -3.11. The van der Waals surface area contributed by atoms with E-state index < -0.39 is 7.14 Å². The maximum Gasteiger partial charge on any atom is 0.172 e. The monoisotopic (exact) mass is 746 g/mol. The van der Waals surface area contributed by atoms with Gasteiger partial charge in [0.2, 0.25) is 0 Å². The molecule has 11 rings (SSSR count). The summed E-state index contributed by atoms with van der Waals surface area (Å²) in [5, 5.41) is 4.99. The average Bonchev–Trinajstić information content (AvgIpc) is 3.77. The summed E-state index contributed by atoms with van der Waals surface area (Å²) in [6, 6.07) is 74.0. The van der Waals surface area contributed by atoms with E-state index in [0.717, 1.165) is 82.8 Å². The van der Waals surface area contributed by atoms with Crippen molar-refractivity contribution in [2.75, 3.05) is 0 Å². The molecule has 2 aromatic heterocycles. The Hall–Kier alpha value is -7.06. The molecule has 10 aromatic rings. The van der Waals surface area contributed by atoms with Gasteiger partial charge in [-0.1, -0.05) is 176 Å². The van der Waals surface area contributed by atoms with Crippen LogP contribution in [0.25, 0.3) is 83.4 Å². The fourth-order valence-electron chi connectivity index (χ4n) is 8.72. The molecule has 57 heavy (non-hydrogen) atoms. The van der Waals surface area contributed by atoms with Gasteiger partial charge in [0.05, 0.1) is 22.4 Å². The van der Waals surface area contributed by atoms with Crippen LogP contribution in [0.3, 0.4) is 0 Å². The summed E-state index contributed by atoms with van der Waals surface area (Å²) in [5.41, 5.74) is 13.9. The maximum absolute atomic E-state index is 15.5. The first-order chi connectivity index (χ1) is 28.1. The maximum atomic E-state index is 15.5. The predicted molar refractivity (Wildman–Crippen MR) is 239 cm³/mol. The van der Waals surface area contributed by atoms with Crippen molar-refractivity contribution in [3.05, 3.63) is 212 Å². The minimum atomic E-state index is -3.11. The van der Waals surface area contributed by atoms with Crippen LogP contribution in [0.4, 0.5) is 0 Å². The van der Waals surface area contributed by atoms with Gasteiger partial charge in [-0.3, -0.25) is 0 Å². The second-order valence-corrected chi connectivity index (χ2v) is 17.4. The van der Waals surface area contributed by atoms with Gasteiger partial charge < -0.3 is 9.13 Å². The Labute approximate surface area is 331 Å². The Bertz CT molecular complexity index is 3170. The first-order valence-electron chi connectivity index (χ1n) is 19.3. The Kier molecular flexibility index (Phi) is 7.77. The van der Waals surface area contributed by atoms with Crippen molar-refractivity contribution >= 4 is 44.9 Å². The molecule has 3 nitrogen and oxygen atoms in total. The highest BCUT2D eigenvalue weighted by Gasteiger charge is 2.41. The highest BCUT2D eigenvalue weighted by Crippen LogP contribution is 2.54. The standard InChI is InChI=1S/C53H35N2OP/c56-57(43-18-8-3-9-19-43)50-23-13-11-21-46(50)52-51(57)33-32-45-44-20-10-12-22-49(44)55(53(45)52)42-30-28-38(29-31-42)41-34-47(39-16-6-2-7-17-39)54-48(35-41)40-26-24-37(25-27-40)36-14-4-1-5-15-36/h1-35H. The molecule has 0 saturated carbocycles. The van der Waals surface area contributed by atoms with Crippen LogP contribution in [-0.2, 0) is 4.57 Å². The highest BCUT2D eigenvalue weighted by molar-refractivity contribution is 7.86. The lowest BCUT2D eigenvalue weighted by Crippen LogP contribution is -2.20. The summed E-state index contributed by atoms with van der Waals surface area (Å²) in [4.78, 5) is 5.19. The zero-order valence-corrected chi connectivity index (χ0v) is 31.9. The van der Waals surface area contributed by atoms with Gasteiger partial charge in [-0.25, -0.2) is 4.98 Å². The molecule has 1 unspecified atom stereocenters. The van der Waals surface area contributed by atoms with Crippen LogP contribution in [0, 0.1) is 0 Å². The summed E-state index contributed by atoms with van der Waals surface area (Å²) in [6.45, 7) is 0. The van der Waals surface area contributed by atoms with Crippen LogP contribution >= 0.6 is 7.14 Å². The van der Waals surface area contributed by atoms with Crippen molar-refractivity contribution in [2.45, 2.75) is 0 Å². The van der Waals surface area contributed by atoms with E-state index in [4.69, 9.17) is 4.98 Å². The first kappa shape index (κ1) is 33.3. The van der Waals surface area contributed by atoms with Crippen molar-refractivity contribution in [1.29, 1.82) is 0 Å². The molecular weight excluding hydrogens is 712 g/mol. The van der Waals surface area contributed by atoms with Crippen LogP contribution in [0.2, 0.25) is 0 Å². The number of hydrogen-bond acceptors (Lipinski definition) is 2. The molecule has 0 aliphatic carbocycles. The minimum Gasteiger partial charge on any atom is -0.309 e. The summed E-state index contributed by atoms with van der Waals surface area (Å²) >= 11 is 0. The second-order valence-electron chi connectivity index (χ2n) is 14.7. The van der Waals surface area contributed by atoms with Crippen molar-refractivity contribution in [3.63, 3.8) is 0 Å². The summed E-state index contributed by atoms with van der Waals surface area (Å²) in [6.07, 6.45) is 0. The molecule has 0 radical (unpaired) electrons. The molecule has 8 aromatic carbocycles. The number of fused-ring (bicyclic) bond motifs is 7. The zero-order chi connectivity index (χ0) is 37.9. The average molecular weight is 747 g/mol. The van der Waals surface area contributed by atoms with Gasteiger partial charge in [-0.05, 0) is 64.2 Å². The number of pyridine rings is 1. The van der Waals surface area contributed by atoms with E-state index in [2.05, 4.69) is 168 Å². The van der Waals surface area contributed by atoms with E-state index in [1.807, 2.05) is 48.5 Å². The van der Waals surface area contributed by atoms with Gasteiger partial charge in [0.25, 0.3) is 0 Å². The molecule has 0 saturated heterocycles. The quantitative estimate of drug-likeness (QED) is 0.159. The van der Waals surface area contributed by atoms with Crippen molar-refractivity contribution in [3.8, 4) is 61.6 Å². The second kappa shape index (κ2) is 13.3. The molecule has 0 spiro atoms. The van der Waals surface area contributed by atoms with E-state index in [0.29, 0.717) is 0 Å². The van der Waals surface area contributed by atoms with Crippen molar-refractivity contribution < 1.29 is 4.57 Å². The highest BCUT2D eigenvalue weighted by atomic mass is 31.2. The molecular formula is C53H35N2OP. The van der Waals surface area contributed by atoms with Crippen LogP contribution in [0.15, 0.2) is 212 Å². The van der Waals surface area contributed by atoms with Crippen LogP contribution in [-0.4, -0.2) is 9.55 Å². The van der Waals surface area contributed by atoms with E-state index in [1.165, 1.54) is 16.5 Å². The third kappa shape index (κ3) is 5.35. The van der Waals surface area contributed by atoms with Gasteiger partial charge in [-0.15, -0.1) is 0 Å². The molecule has 1 atom stereocenters. The SMILES string of the molecule is O=P1(c2ccccc2)c2ccccc2-c2c1ccc1c3ccccc3n(-c3ccc(-c4cc(-c5ccccc5)nc(-c5ccc(-c6ccccc6)cc5)c4)cc3)c21. The van der Waals surface area contributed by atoms with E-state index >= 15 is 4.57 Å². The van der Waals surface area contributed by atoms with E-state index in [9.17, 15) is 0 Å². The molecule has 268 valence electrons. The lowest BCUT2D eigenvalue weighted by molar-refractivity contribution is 0.593. The number of benzene rings is 8. The Morgan fingerprint density at radius 3 is 1.65 bits per heavy atom. The van der Waals surface area contributed by atoms with Crippen LogP contribution in [0.1, 0.15) is 0 Å². The van der Waals surface area contributed by atoms with Gasteiger partial charge in [0, 0.05) is 49.1 Å². The molecule has 0 N–H and O–H groups in total. The minimum absolute atomic E-state index is 0.862. The number of rotatable bonds is 6. The molecule has 1 aliphatic rings. The van der Waals surface area contributed by atoms with Crippen LogP contribution < -0.4 is 15.9 Å². The van der Waals surface area contributed by atoms with Crippen LogP contribution in [0.5, 0.6) is 0 Å². The topological polar surface area (TPSA) is 34.9 Å². The number of aromatic nitrogens is 2. The fraction of sp³-hybridized carbons (Fsp3) is 0. The number of hydrogen-bond donors (Lipinski definition) is 0. The third-order valence-corrected chi connectivity index (χ3v) is 14.6. The van der Waals surface area contributed by atoms with E-state index in [-0.39, 0.29) is 0 Å². The molecule has 1 aliphatic heterocycles. The molecule has 0 amide bonds. The largest absolute Gasteiger partial charge is 0.309 e. The zero-order valence-electron chi connectivity index (χ0n) is 31.0. The van der Waals surface area contributed by atoms with Gasteiger partial charge in [-0.2, -0.15) is 0 Å². The van der Waals surface area contributed by atoms with Gasteiger partial charge in [0.1, 0.15) is 0 Å². The van der Waals surface area contributed by atoms with E-state index in [1.54, 1.807) is 0 Å². The Morgan fingerprint density at radius 2 is 0.930 bits per heavy atom. The normalized spacial score (nSPS) is 14.5. The summed E-state index contributed by atoms with van der Waals surface area (Å²) < 4.78 is 17.9. The third-order valence-electron chi connectivity index (χ3n) is 11.4. The summed E-state index contributed by atoms with van der Waals surface area (Å²) in [5.74, 6) is 0. The van der Waals surface area contributed by atoms with Gasteiger partial charge >= 0.3 is 0 Å². The van der Waals surface area contributed by atoms with Crippen molar-refractivity contribution in [2.24, 2.45) is 0 Å². The molecule has 0 fully saturated rings. The van der Waals surface area contributed by atoms with Crippen molar-refractivity contribution in [1.82, 2.24) is 9.55 Å². The molecule has 3 heterocycles. The molecule has 0 bridgehead atoms.